The Hall–Kier alpha value is -1.74. The van der Waals surface area contributed by atoms with E-state index >= 15 is 0 Å². The van der Waals surface area contributed by atoms with E-state index in [9.17, 15) is 10.2 Å². The molecular formula is C23H34O2Si. The topological polar surface area (TPSA) is 40.5 Å². The van der Waals surface area contributed by atoms with Gasteiger partial charge in [0.25, 0.3) is 0 Å². The normalized spacial score (nSPS) is 12.3. The quantitative estimate of drug-likeness (QED) is 0.496. The first-order valence-corrected chi connectivity index (χ1v) is 12.6. The van der Waals surface area contributed by atoms with Gasteiger partial charge in [0.15, 0.2) is 0 Å². The highest BCUT2D eigenvalue weighted by Gasteiger charge is 2.48. The summed E-state index contributed by atoms with van der Waals surface area (Å²) in [6.45, 7) is 9.47. The molecule has 0 heterocycles. The van der Waals surface area contributed by atoms with Crippen LogP contribution in [0.1, 0.15) is 51.7 Å². The summed E-state index contributed by atoms with van der Waals surface area (Å²) in [5.41, 5.74) is 2.69. The Labute approximate surface area is 159 Å². The molecule has 2 aromatic carbocycles. The number of phenolic OH excluding ortho intramolecular Hbond substituents is 2. The van der Waals surface area contributed by atoms with E-state index in [2.05, 4.69) is 52.0 Å². The summed E-state index contributed by atoms with van der Waals surface area (Å²) in [4.78, 5) is 0. The third-order valence-corrected chi connectivity index (χ3v) is 13.7. The zero-order valence-electron chi connectivity index (χ0n) is 16.8. The lowest BCUT2D eigenvalue weighted by atomic mass is 9.93. The van der Waals surface area contributed by atoms with E-state index in [-0.39, 0.29) is 0 Å². The van der Waals surface area contributed by atoms with Crippen molar-refractivity contribution in [2.24, 2.45) is 0 Å². The second-order valence-corrected chi connectivity index (χ2v) is 13.1. The van der Waals surface area contributed by atoms with E-state index in [1.807, 2.05) is 24.3 Å². The molecule has 142 valence electrons. The monoisotopic (exact) mass is 370 g/mol. The van der Waals surface area contributed by atoms with E-state index in [1.54, 1.807) is 0 Å². The van der Waals surface area contributed by atoms with Crippen LogP contribution in [-0.4, -0.2) is 18.3 Å². The molecule has 0 radical (unpaired) electrons. The van der Waals surface area contributed by atoms with Gasteiger partial charge in [0, 0.05) is 0 Å². The molecule has 2 nitrogen and oxygen atoms in total. The van der Waals surface area contributed by atoms with Crippen LogP contribution in [0.25, 0.3) is 0 Å². The summed E-state index contributed by atoms with van der Waals surface area (Å²) >= 11 is 0. The Morgan fingerprint density at radius 3 is 1.50 bits per heavy atom. The van der Waals surface area contributed by atoms with Crippen molar-refractivity contribution < 1.29 is 10.2 Å². The molecule has 0 saturated carbocycles. The second kappa shape index (κ2) is 8.76. The van der Waals surface area contributed by atoms with Crippen molar-refractivity contribution in [2.45, 2.75) is 70.1 Å². The van der Waals surface area contributed by atoms with E-state index in [0.29, 0.717) is 16.5 Å². The van der Waals surface area contributed by atoms with Crippen molar-refractivity contribution >= 4 is 8.07 Å². The highest BCUT2D eigenvalue weighted by atomic mass is 28.3. The third kappa shape index (κ3) is 4.15. The number of aromatic hydroxyl groups is 2. The molecule has 0 bridgehead atoms. The molecule has 2 aromatic rings. The lowest BCUT2D eigenvalue weighted by molar-refractivity contribution is 0.470. The van der Waals surface area contributed by atoms with Crippen LogP contribution in [0.3, 0.4) is 0 Å². The maximum absolute atomic E-state index is 9.63. The molecule has 26 heavy (non-hydrogen) atoms. The fourth-order valence-corrected chi connectivity index (χ4v) is 10.9. The van der Waals surface area contributed by atoms with Gasteiger partial charge in [-0.2, -0.15) is 0 Å². The van der Waals surface area contributed by atoms with Gasteiger partial charge in [0.2, 0.25) is 0 Å². The minimum absolute atomic E-state index is 0.339. The van der Waals surface area contributed by atoms with Crippen LogP contribution in [0.2, 0.25) is 17.1 Å². The summed E-state index contributed by atoms with van der Waals surface area (Å²) in [7, 11) is -1.62. The summed E-state index contributed by atoms with van der Waals surface area (Å²) < 4.78 is 0. The molecule has 0 atom stereocenters. The first-order valence-electron chi connectivity index (χ1n) is 10.00. The predicted molar refractivity (Wildman–Crippen MR) is 114 cm³/mol. The number of hydrogen-bond donors (Lipinski definition) is 2. The Morgan fingerprint density at radius 2 is 1.12 bits per heavy atom. The van der Waals surface area contributed by atoms with Gasteiger partial charge in [0.05, 0.1) is 8.07 Å². The molecule has 0 unspecified atom stereocenters. The average Bonchev–Trinajstić information content (AvgIpc) is 2.67. The largest absolute Gasteiger partial charge is 0.508 e. The van der Waals surface area contributed by atoms with Gasteiger partial charge in [-0.15, -0.1) is 0 Å². The maximum Gasteiger partial charge on any atom is 0.115 e. The van der Waals surface area contributed by atoms with Crippen molar-refractivity contribution in [1.29, 1.82) is 0 Å². The summed E-state index contributed by atoms with van der Waals surface area (Å²) in [6, 6.07) is 19.3. The minimum atomic E-state index is -1.62. The van der Waals surface area contributed by atoms with Crippen LogP contribution in [0.4, 0.5) is 0 Å². The van der Waals surface area contributed by atoms with Crippen LogP contribution >= 0.6 is 0 Å². The summed E-state index contributed by atoms with van der Waals surface area (Å²) in [5, 5.41) is 19.6. The van der Waals surface area contributed by atoms with Gasteiger partial charge in [-0.3, -0.25) is 0 Å². The fourth-order valence-electron chi connectivity index (χ4n) is 4.88. The highest BCUT2D eigenvalue weighted by Crippen LogP contribution is 2.52. The van der Waals surface area contributed by atoms with Crippen LogP contribution < -0.4 is 0 Å². The molecule has 0 aromatic heterocycles. The minimum Gasteiger partial charge on any atom is -0.508 e. The van der Waals surface area contributed by atoms with E-state index < -0.39 is 8.07 Å². The summed E-state index contributed by atoms with van der Waals surface area (Å²) in [6.07, 6.45) is 3.47. The zero-order valence-corrected chi connectivity index (χ0v) is 17.8. The van der Waals surface area contributed by atoms with Crippen LogP contribution in [-0.2, 0) is 12.5 Å². The maximum atomic E-state index is 9.63. The lowest BCUT2D eigenvalue weighted by Crippen LogP contribution is -2.50. The van der Waals surface area contributed by atoms with Gasteiger partial charge in [0.1, 0.15) is 11.5 Å². The smallest absolute Gasteiger partial charge is 0.115 e. The van der Waals surface area contributed by atoms with Crippen LogP contribution in [0.15, 0.2) is 48.5 Å². The molecule has 0 aliphatic carbocycles. The molecular weight excluding hydrogens is 336 g/mol. The van der Waals surface area contributed by atoms with E-state index in [1.165, 1.54) is 42.1 Å². The van der Waals surface area contributed by atoms with Gasteiger partial charge in [-0.25, -0.2) is 0 Å². The first kappa shape index (κ1) is 20.6. The fraction of sp³-hybridized carbons (Fsp3) is 0.478. The highest BCUT2D eigenvalue weighted by molar-refractivity contribution is 6.82. The van der Waals surface area contributed by atoms with Crippen molar-refractivity contribution in [3.05, 3.63) is 59.7 Å². The van der Waals surface area contributed by atoms with E-state index in [0.717, 1.165) is 6.42 Å². The van der Waals surface area contributed by atoms with Crippen molar-refractivity contribution in [1.82, 2.24) is 0 Å². The number of rotatable bonds is 9. The van der Waals surface area contributed by atoms with Gasteiger partial charge < -0.3 is 10.2 Å². The van der Waals surface area contributed by atoms with E-state index in [4.69, 9.17) is 0 Å². The average molecular weight is 371 g/mol. The molecule has 0 fully saturated rings. The Kier molecular flexibility index (Phi) is 6.93. The van der Waals surface area contributed by atoms with Crippen LogP contribution in [0, 0.1) is 0 Å². The number of hydrogen-bond acceptors (Lipinski definition) is 2. The van der Waals surface area contributed by atoms with Crippen molar-refractivity contribution in [3.8, 4) is 11.5 Å². The molecule has 2 N–H and O–H groups in total. The molecule has 2 rings (SSSR count). The lowest BCUT2D eigenvalue weighted by Gasteiger charge is -2.49. The third-order valence-electron chi connectivity index (χ3n) is 6.79. The molecule has 0 aliphatic rings. The SMILES string of the molecule is CCC(CC)(Cc1ccc(O)cc1)[Si](CC)(CC)Cc1ccc(O)cc1. The van der Waals surface area contributed by atoms with Gasteiger partial charge >= 0.3 is 0 Å². The molecule has 0 spiro atoms. The Balaban J connectivity index is 2.42. The zero-order chi connectivity index (χ0) is 19.2. The number of phenols is 2. The van der Waals surface area contributed by atoms with Crippen LogP contribution in [0.5, 0.6) is 11.5 Å². The predicted octanol–water partition coefficient (Wildman–Crippen LogP) is 6.47. The molecule has 0 amide bonds. The molecule has 0 aliphatic heterocycles. The Morgan fingerprint density at radius 1 is 0.692 bits per heavy atom. The summed E-state index contributed by atoms with van der Waals surface area (Å²) in [5.74, 6) is 0.682. The molecule has 0 saturated heterocycles. The van der Waals surface area contributed by atoms with Gasteiger partial charge in [-0.05, 0) is 47.3 Å². The van der Waals surface area contributed by atoms with Crippen molar-refractivity contribution in [2.75, 3.05) is 0 Å². The van der Waals surface area contributed by atoms with Crippen molar-refractivity contribution in [3.63, 3.8) is 0 Å². The first-order chi connectivity index (χ1) is 12.4. The molecule has 3 heteroatoms. The Bertz CT molecular complexity index is 607. The van der Waals surface area contributed by atoms with Gasteiger partial charge in [-0.1, -0.05) is 82.5 Å². The number of benzene rings is 2. The standard InChI is InChI=1S/C23H34O2Si/c1-5-23(6-2,17-19-9-13-21(24)14-10-19)26(7-3,8-4)18-20-11-15-22(25)16-12-20/h9-16,24-25H,5-8,17-18H2,1-4H3. The second-order valence-electron chi connectivity index (χ2n) is 7.66.